The fourth-order valence-electron chi connectivity index (χ4n) is 3.74. The van der Waals surface area contributed by atoms with Gasteiger partial charge in [-0.3, -0.25) is 4.79 Å². The van der Waals surface area contributed by atoms with Crippen molar-refractivity contribution in [3.8, 4) is 0 Å². The highest BCUT2D eigenvalue weighted by Gasteiger charge is 2.24. The number of quaternary nitrogens is 1. The van der Waals surface area contributed by atoms with E-state index in [-0.39, 0.29) is 11.9 Å². The molecule has 1 heterocycles. The van der Waals surface area contributed by atoms with Gasteiger partial charge in [0.05, 0.1) is 32.2 Å². The van der Waals surface area contributed by atoms with Crippen molar-refractivity contribution in [2.24, 2.45) is 0 Å². The molecule has 0 aromatic heterocycles. The maximum absolute atomic E-state index is 12.5. The average molecular weight is 387 g/mol. The summed E-state index contributed by atoms with van der Waals surface area (Å²) in [5, 5.41) is 3.78. The SMILES string of the molecule is Cc1cccc(N2CC[NH+](CC(=O)N[C@H](C)c3ccccc3Cl)CC2)c1C. The van der Waals surface area contributed by atoms with E-state index in [1.165, 1.54) is 21.7 Å². The number of nitrogens with one attached hydrogen (secondary N) is 2. The van der Waals surface area contributed by atoms with Crippen LogP contribution in [0.2, 0.25) is 5.02 Å². The number of piperazine rings is 1. The van der Waals surface area contributed by atoms with Gasteiger partial charge in [0.25, 0.3) is 5.91 Å². The van der Waals surface area contributed by atoms with Crippen molar-refractivity contribution in [2.75, 3.05) is 37.6 Å². The Bertz CT molecular complexity index is 800. The molecule has 0 saturated carbocycles. The van der Waals surface area contributed by atoms with Gasteiger partial charge >= 0.3 is 0 Å². The molecule has 2 N–H and O–H groups in total. The largest absolute Gasteiger partial charge is 0.360 e. The van der Waals surface area contributed by atoms with E-state index in [0.717, 1.165) is 31.7 Å². The normalized spacial score (nSPS) is 16.2. The molecule has 0 radical (unpaired) electrons. The molecule has 5 heteroatoms. The van der Waals surface area contributed by atoms with Gasteiger partial charge in [-0.15, -0.1) is 0 Å². The van der Waals surface area contributed by atoms with Gasteiger partial charge < -0.3 is 15.1 Å². The van der Waals surface area contributed by atoms with Gasteiger partial charge in [0, 0.05) is 10.7 Å². The third-order valence-electron chi connectivity index (χ3n) is 5.55. The molecule has 1 fully saturated rings. The zero-order valence-electron chi connectivity index (χ0n) is 16.4. The lowest BCUT2D eigenvalue weighted by atomic mass is 10.1. The van der Waals surface area contributed by atoms with Gasteiger partial charge in [-0.05, 0) is 49.6 Å². The minimum atomic E-state index is -0.0816. The predicted octanol–water partition coefficient (Wildman–Crippen LogP) is 2.54. The van der Waals surface area contributed by atoms with Gasteiger partial charge in [-0.25, -0.2) is 0 Å². The highest BCUT2D eigenvalue weighted by molar-refractivity contribution is 6.31. The van der Waals surface area contributed by atoms with E-state index in [9.17, 15) is 4.79 Å². The maximum atomic E-state index is 12.5. The lowest BCUT2D eigenvalue weighted by Gasteiger charge is -2.34. The molecular formula is C22H29ClN3O+. The van der Waals surface area contributed by atoms with E-state index in [1.807, 2.05) is 31.2 Å². The van der Waals surface area contributed by atoms with E-state index in [1.54, 1.807) is 0 Å². The predicted molar refractivity (Wildman–Crippen MR) is 112 cm³/mol. The number of amides is 1. The summed E-state index contributed by atoms with van der Waals surface area (Å²) in [4.78, 5) is 16.2. The Hall–Kier alpha value is -2.04. The zero-order chi connectivity index (χ0) is 19.4. The van der Waals surface area contributed by atoms with E-state index in [2.05, 4.69) is 42.3 Å². The van der Waals surface area contributed by atoms with E-state index < -0.39 is 0 Å². The van der Waals surface area contributed by atoms with Crippen LogP contribution in [0.25, 0.3) is 0 Å². The van der Waals surface area contributed by atoms with E-state index in [4.69, 9.17) is 11.6 Å². The van der Waals surface area contributed by atoms with E-state index >= 15 is 0 Å². The van der Waals surface area contributed by atoms with Gasteiger partial charge in [0.1, 0.15) is 0 Å². The second kappa shape index (κ2) is 8.77. The second-order valence-electron chi connectivity index (χ2n) is 7.44. The summed E-state index contributed by atoms with van der Waals surface area (Å²) < 4.78 is 0. The number of nitrogens with zero attached hydrogens (tertiary/aromatic N) is 1. The Balaban J connectivity index is 1.51. The van der Waals surface area contributed by atoms with Crippen LogP contribution in [0.15, 0.2) is 42.5 Å². The topological polar surface area (TPSA) is 36.8 Å². The number of hydrogen-bond acceptors (Lipinski definition) is 2. The van der Waals surface area contributed by atoms with Gasteiger partial charge in [-0.1, -0.05) is 41.9 Å². The fourth-order valence-corrected chi connectivity index (χ4v) is 4.04. The zero-order valence-corrected chi connectivity index (χ0v) is 17.1. The molecule has 0 unspecified atom stereocenters. The Morgan fingerprint density at radius 2 is 1.85 bits per heavy atom. The summed E-state index contributed by atoms with van der Waals surface area (Å²) >= 11 is 6.23. The molecule has 27 heavy (non-hydrogen) atoms. The summed E-state index contributed by atoms with van der Waals surface area (Å²) in [6.07, 6.45) is 0. The second-order valence-corrected chi connectivity index (χ2v) is 7.85. The van der Waals surface area contributed by atoms with Crippen LogP contribution in [0, 0.1) is 13.8 Å². The van der Waals surface area contributed by atoms with Crippen LogP contribution in [0.1, 0.15) is 29.7 Å². The van der Waals surface area contributed by atoms with Crippen LogP contribution in [0.3, 0.4) is 0 Å². The number of aryl methyl sites for hydroxylation is 1. The number of carbonyl (C=O) groups is 1. The highest BCUT2D eigenvalue weighted by Crippen LogP contribution is 2.23. The highest BCUT2D eigenvalue weighted by atomic mass is 35.5. The first-order chi connectivity index (χ1) is 13.0. The van der Waals surface area contributed by atoms with Crippen LogP contribution >= 0.6 is 11.6 Å². The summed E-state index contributed by atoms with van der Waals surface area (Å²) in [5.41, 5.74) is 4.97. The molecule has 2 aromatic carbocycles. The third-order valence-corrected chi connectivity index (χ3v) is 5.89. The average Bonchev–Trinajstić information content (AvgIpc) is 2.65. The molecular weight excluding hydrogens is 358 g/mol. The van der Waals surface area contributed by atoms with Crippen LogP contribution in [-0.4, -0.2) is 38.6 Å². The molecule has 0 spiro atoms. The Kier molecular flexibility index (Phi) is 6.40. The van der Waals surface area contributed by atoms with Crippen molar-refractivity contribution in [2.45, 2.75) is 26.8 Å². The Morgan fingerprint density at radius 1 is 1.15 bits per heavy atom. The molecule has 2 aromatic rings. The van der Waals surface area contributed by atoms with Crippen molar-refractivity contribution in [1.29, 1.82) is 0 Å². The molecule has 0 aliphatic carbocycles. The minimum Gasteiger partial charge on any atom is -0.360 e. The first kappa shape index (κ1) is 19.7. The fraction of sp³-hybridized carbons (Fsp3) is 0.409. The van der Waals surface area contributed by atoms with Crippen molar-refractivity contribution in [3.05, 3.63) is 64.2 Å². The lowest BCUT2D eigenvalue weighted by molar-refractivity contribution is -0.892. The van der Waals surface area contributed by atoms with Crippen molar-refractivity contribution in [1.82, 2.24) is 5.32 Å². The molecule has 1 amide bonds. The molecule has 4 nitrogen and oxygen atoms in total. The number of hydrogen-bond donors (Lipinski definition) is 2. The van der Waals surface area contributed by atoms with Gasteiger partial charge in [0.15, 0.2) is 6.54 Å². The molecule has 1 aliphatic heterocycles. The van der Waals surface area contributed by atoms with Crippen molar-refractivity contribution in [3.63, 3.8) is 0 Å². The number of rotatable bonds is 5. The smallest absolute Gasteiger partial charge is 0.275 e. The summed E-state index contributed by atoms with van der Waals surface area (Å²) in [5.74, 6) is 0.0811. The van der Waals surface area contributed by atoms with Gasteiger partial charge in [-0.2, -0.15) is 0 Å². The quantitative estimate of drug-likeness (QED) is 0.828. The van der Waals surface area contributed by atoms with Crippen LogP contribution < -0.4 is 15.1 Å². The van der Waals surface area contributed by atoms with Crippen LogP contribution in [-0.2, 0) is 4.79 Å². The number of anilines is 1. The lowest BCUT2D eigenvalue weighted by Crippen LogP contribution is -3.16. The Morgan fingerprint density at radius 3 is 2.56 bits per heavy atom. The standard InChI is InChI=1S/C22H28ClN3O/c1-16-7-6-10-21(17(16)2)26-13-11-25(12-14-26)15-22(27)24-18(3)19-8-4-5-9-20(19)23/h4-10,18H,11-15H2,1-3H3,(H,24,27)/p+1/t18-/m1/s1. The minimum absolute atomic E-state index is 0.0811. The number of halogens is 1. The molecule has 1 atom stereocenters. The van der Waals surface area contributed by atoms with Crippen LogP contribution in [0.5, 0.6) is 0 Å². The summed E-state index contributed by atoms with van der Waals surface area (Å²) in [6.45, 7) is 10.7. The Labute approximate surface area is 167 Å². The maximum Gasteiger partial charge on any atom is 0.275 e. The summed E-state index contributed by atoms with van der Waals surface area (Å²) in [7, 11) is 0. The van der Waals surface area contributed by atoms with Crippen molar-refractivity contribution >= 4 is 23.2 Å². The molecule has 1 aliphatic rings. The van der Waals surface area contributed by atoms with E-state index in [0.29, 0.717) is 11.6 Å². The third kappa shape index (κ3) is 4.82. The number of benzene rings is 2. The van der Waals surface area contributed by atoms with Gasteiger partial charge in [0.2, 0.25) is 0 Å². The van der Waals surface area contributed by atoms with Crippen LogP contribution in [0.4, 0.5) is 5.69 Å². The first-order valence-corrected chi connectivity index (χ1v) is 10.0. The molecule has 1 saturated heterocycles. The summed E-state index contributed by atoms with van der Waals surface area (Å²) in [6, 6.07) is 14.1. The first-order valence-electron chi connectivity index (χ1n) is 9.64. The molecule has 3 rings (SSSR count). The molecule has 144 valence electrons. The number of carbonyl (C=O) groups excluding carboxylic acids is 1. The monoisotopic (exact) mass is 386 g/mol. The molecule has 0 bridgehead atoms. The van der Waals surface area contributed by atoms with Crippen molar-refractivity contribution < 1.29 is 9.69 Å².